The van der Waals surface area contributed by atoms with Crippen LogP contribution in [0.5, 0.6) is 0 Å². The average Bonchev–Trinajstić information content (AvgIpc) is 2.89. The smallest absolute Gasteiger partial charge is 0.143 e. The first-order valence-electron chi connectivity index (χ1n) is 5.62. The fourth-order valence-electron chi connectivity index (χ4n) is 2.23. The van der Waals surface area contributed by atoms with Crippen LogP contribution in [0.1, 0.15) is 24.8 Å². The second-order valence-electron chi connectivity index (χ2n) is 4.41. The monoisotopic (exact) mass is 228 g/mol. The number of hydrogen-bond acceptors (Lipinski definition) is 4. The minimum Gasteiger partial charge on any atom is -0.299 e. The van der Waals surface area contributed by atoms with E-state index in [-0.39, 0.29) is 5.92 Å². The van der Waals surface area contributed by atoms with Crippen LogP contribution in [0.2, 0.25) is 0 Å². The van der Waals surface area contributed by atoms with Crippen LogP contribution in [0.4, 0.5) is 0 Å². The summed E-state index contributed by atoms with van der Waals surface area (Å²) >= 11 is 0. The van der Waals surface area contributed by atoms with Gasteiger partial charge in [0.25, 0.3) is 0 Å². The van der Waals surface area contributed by atoms with E-state index < -0.39 is 0 Å². The standard InChI is InChI=1S/C12H12N4O/c1-8-11(6-12(8)17)9-3-2-4-10(5-9)16-7-13-14-15-16/h2-5,7-8,11H,6H2,1H3. The molecule has 0 spiro atoms. The number of benzene rings is 1. The number of carbonyl (C=O) groups excluding carboxylic acids is 1. The second-order valence-corrected chi connectivity index (χ2v) is 4.41. The summed E-state index contributed by atoms with van der Waals surface area (Å²) in [4.78, 5) is 11.3. The molecule has 1 heterocycles. The van der Waals surface area contributed by atoms with E-state index in [4.69, 9.17) is 0 Å². The quantitative estimate of drug-likeness (QED) is 0.778. The topological polar surface area (TPSA) is 60.7 Å². The van der Waals surface area contributed by atoms with Crippen molar-refractivity contribution >= 4 is 5.78 Å². The van der Waals surface area contributed by atoms with Crippen LogP contribution in [-0.4, -0.2) is 26.0 Å². The molecule has 1 aliphatic carbocycles. The first kappa shape index (κ1) is 10.1. The van der Waals surface area contributed by atoms with Gasteiger partial charge in [-0.25, -0.2) is 4.68 Å². The van der Waals surface area contributed by atoms with Crippen molar-refractivity contribution in [1.82, 2.24) is 20.2 Å². The molecular formula is C12H12N4O. The van der Waals surface area contributed by atoms with Gasteiger partial charge in [0.2, 0.25) is 0 Å². The minimum atomic E-state index is 0.138. The van der Waals surface area contributed by atoms with E-state index >= 15 is 0 Å². The van der Waals surface area contributed by atoms with Crippen molar-refractivity contribution in [3.05, 3.63) is 36.2 Å². The van der Waals surface area contributed by atoms with E-state index in [9.17, 15) is 4.79 Å². The molecule has 0 aliphatic heterocycles. The van der Waals surface area contributed by atoms with Crippen LogP contribution in [-0.2, 0) is 4.79 Å². The van der Waals surface area contributed by atoms with Crippen LogP contribution in [0.25, 0.3) is 5.69 Å². The van der Waals surface area contributed by atoms with Crippen LogP contribution < -0.4 is 0 Å². The van der Waals surface area contributed by atoms with Crippen LogP contribution in [0, 0.1) is 5.92 Å². The fraction of sp³-hybridized carbons (Fsp3) is 0.333. The Morgan fingerprint density at radius 3 is 2.94 bits per heavy atom. The summed E-state index contributed by atoms with van der Waals surface area (Å²) in [6.45, 7) is 1.99. The van der Waals surface area contributed by atoms with Crippen molar-refractivity contribution in [3.8, 4) is 5.69 Å². The van der Waals surface area contributed by atoms with Crippen LogP contribution in [0.3, 0.4) is 0 Å². The highest BCUT2D eigenvalue weighted by Gasteiger charge is 2.36. The molecule has 1 aliphatic rings. The molecule has 0 saturated heterocycles. The highest BCUT2D eigenvalue weighted by Crippen LogP contribution is 2.39. The number of tetrazole rings is 1. The molecule has 1 aromatic carbocycles. The van der Waals surface area contributed by atoms with Gasteiger partial charge in [-0.1, -0.05) is 19.1 Å². The van der Waals surface area contributed by atoms with Gasteiger partial charge in [-0.15, -0.1) is 5.10 Å². The largest absolute Gasteiger partial charge is 0.299 e. The summed E-state index contributed by atoms with van der Waals surface area (Å²) in [5.74, 6) is 0.834. The number of ketones is 1. The Morgan fingerprint density at radius 1 is 1.41 bits per heavy atom. The van der Waals surface area contributed by atoms with Gasteiger partial charge in [0.05, 0.1) is 5.69 Å². The lowest BCUT2D eigenvalue weighted by atomic mass is 9.70. The Bertz CT molecular complexity index is 549. The van der Waals surface area contributed by atoms with Crippen molar-refractivity contribution in [2.45, 2.75) is 19.3 Å². The Kier molecular flexibility index (Phi) is 2.24. The molecule has 2 unspecified atom stereocenters. The lowest BCUT2D eigenvalue weighted by Crippen LogP contribution is -2.32. The third-order valence-corrected chi connectivity index (χ3v) is 3.44. The Hall–Kier alpha value is -2.04. The molecule has 0 radical (unpaired) electrons. The normalized spacial score (nSPS) is 23.5. The Balaban J connectivity index is 1.92. The zero-order valence-corrected chi connectivity index (χ0v) is 9.45. The first-order chi connectivity index (χ1) is 8.25. The SMILES string of the molecule is CC1C(=O)CC1c1cccc(-n2cnnn2)c1. The maximum absolute atomic E-state index is 11.3. The zero-order valence-electron chi connectivity index (χ0n) is 9.45. The summed E-state index contributed by atoms with van der Waals surface area (Å²) in [5.41, 5.74) is 2.11. The van der Waals surface area contributed by atoms with Crippen molar-refractivity contribution in [2.75, 3.05) is 0 Å². The molecule has 2 aromatic rings. The van der Waals surface area contributed by atoms with E-state index in [1.807, 2.05) is 25.1 Å². The summed E-state index contributed by atoms with van der Waals surface area (Å²) in [5, 5.41) is 11.1. The molecule has 3 rings (SSSR count). The van der Waals surface area contributed by atoms with E-state index in [0.29, 0.717) is 18.1 Å². The average molecular weight is 228 g/mol. The zero-order chi connectivity index (χ0) is 11.8. The first-order valence-corrected chi connectivity index (χ1v) is 5.62. The molecule has 5 nitrogen and oxygen atoms in total. The van der Waals surface area contributed by atoms with E-state index in [1.54, 1.807) is 11.0 Å². The van der Waals surface area contributed by atoms with E-state index in [1.165, 1.54) is 5.56 Å². The van der Waals surface area contributed by atoms with Gasteiger partial charge >= 0.3 is 0 Å². The molecule has 17 heavy (non-hydrogen) atoms. The Labute approximate surface area is 98.5 Å². The number of hydrogen-bond donors (Lipinski definition) is 0. The Morgan fingerprint density at radius 2 is 2.29 bits per heavy atom. The predicted molar refractivity (Wildman–Crippen MR) is 60.7 cm³/mol. The molecular weight excluding hydrogens is 216 g/mol. The van der Waals surface area contributed by atoms with Crippen molar-refractivity contribution in [2.24, 2.45) is 5.92 Å². The summed E-state index contributed by atoms with van der Waals surface area (Å²) < 4.78 is 1.62. The number of rotatable bonds is 2. The second kappa shape index (κ2) is 3.76. The molecule has 0 N–H and O–H groups in total. The predicted octanol–water partition coefficient (Wildman–Crippen LogP) is 1.35. The van der Waals surface area contributed by atoms with Gasteiger partial charge in [-0.3, -0.25) is 4.79 Å². The highest BCUT2D eigenvalue weighted by molar-refractivity contribution is 5.89. The molecule has 1 aromatic heterocycles. The summed E-state index contributed by atoms with van der Waals surface area (Å²) in [7, 11) is 0. The van der Waals surface area contributed by atoms with Crippen molar-refractivity contribution < 1.29 is 4.79 Å². The van der Waals surface area contributed by atoms with Crippen LogP contribution >= 0.6 is 0 Å². The third-order valence-electron chi connectivity index (χ3n) is 3.44. The number of carbonyl (C=O) groups is 1. The van der Waals surface area contributed by atoms with Gasteiger partial charge in [0.1, 0.15) is 12.1 Å². The maximum Gasteiger partial charge on any atom is 0.143 e. The number of nitrogens with zero attached hydrogens (tertiary/aromatic N) is 4. The van der Waals surface area contributed by atoms with Crippen molar-refractivity contribution in [1.29, 1.82) is 0 Å². The number of Topliss-reactive ketones (excluding diaryl/α,β-unsaturated/α-hetero) is 1. The highest BCUT2D eigenvalue weighted by atomic mass is 16.1. The van der Waals surface area contributed by atoms with E-state index in [2.05, 4.69) is 21.6 Å². The van der Waals surface area contributed by atoms with Gasteiger partial charge in [0.15, 0.2) is 0 Å². The number of aromatic nitrogens is 4. The lowest BCUT2D eigenvalue weighted by molar-refractivity contribution is -0.130. The molecule has 0 amide bonds. The molecule has 2 atom stereocenters. The fourth-order valence-corrected chi connectivity index (χ4v) is 2.23. The van der Waals surface area contributed by atoms with Gasteiger partial charge in [-0.05, 0) is 28.1 Å². The van der Waals surface area contributed by atoms with Gasteiger partial charge in [0, 0.05) is 18.3 Å². The van der Waals surface area contributed by atoms with Crippen LogP contribution in [0.15, 0.2) is 30.6 Å². The molecule has 1 fully saturated rings. The minimum absolute atomic E-state index is 0.138. The van der Waals surface area contributed by atoms with Gasteiger partial charge in [-0.2, -0.15) is 0 Å². The lowest BCUT2D eigenvalue weighted by Gasteiger charge is -2.32. The summed E-state index contributed by atoms with van der Waals surface area (Å²) in [6.07, 6.45) is 2.22. The maximum atomic E-state index is 11.3. The van der Waals surface area contributed by atoms with Crippen molar-refractivity contribution in [3.63, 3.8) is 0 Å². The molecule has 5 heteroatoms. The van der Waals surface area contributed by atoms with Gasteiger partial charge < -0.3 is 0 Å². The summed E-state index contributed by atoms with van der Waals surface area (Å²) in [6, 6.07) is 8.03. The third kappa shape index (κ3) is 1.63. The molecule has 86 valence electrons. The molecule has 1 saturated carbocycles. The molecule has 0 bridgehead atoms. The van der Waals surface area contributed by atoms with E-state index in [0.717, 1.165) is 5.69 Å².